The highest BCUT2D eigenvalue weighted by molar-refractivity contribution is 5.90. The molecular weight excluding hydrogens is 252 g/mol. The van der Waals surface area contributed by atoms with Crippen molar-refractivity contribution >= 4 is 23.8 Å². The maximum atomic E-state index is 11.3. The van der Waals surface area contributed by atoms with Crippen LogP contribution in [0.5, 0.6) is 0 Å². The van der Waals surface area contributed by atoms with E-state index in [0.29, 0.717) is 0 Å². The molecule has 0 aliphatic rings. The van der Waals surface area contributed by atoms with E-state index in [1.54, 1.807) is 0 Å². The molecule has 18 heavy (non-hydrogen) atoms. The zero-order valence-corrected chi connectivity index (χ0v) is 9.02. The summed E-state index contributed by atoms with van der Waals surface area (Å²) in [5.74, 6) is -6.11. The summed E-state index contributed by atoms with van der Waals surface area (Å²) in [4.78, 5) is 42.6. The molecule has 2 atom stereocenters. The van der Waals surface area contributed by atoms with Gasteiger partial charge in [0.15, 0.2) is 6.04 Å². The molecule has 0 aliphatic carbocycles. The zero-order valence-electron chi connectivity index (χ0n) is 9.02. The van der Waals surface area contributed by atoms with Crippen molar-refractivity contribution in [3.8, 4) is 0 Å². The van der Waals surface area contributed by atoms with E-state index < -0.39 is 48.7 Å². The van der Waals surface area contributed by atoms with Crippen LogP contribution in [-0.4, -0.2) is 61.5 Å². The first kappa shape index (κ1) is 15.8. The SMILES string of the molecule is N[C@@H](CC(=O)O)C(=O)N(O)[C@@H](CC(=O)O)C(=O)O. The fourth-order valence-electron chi connectivity index (χ4n) is 1.04. The molecule has 0 aromatic rings. The third kappa shape index (κ3) is 4.76. The van der Waals surface area contributed by atoms with Crippen molar-refractivity contribution in [2.45, 2.75) is 24.9 Å². The number of carbonyl (C=O) groups excluding carboxylic acids is 1. The van der Waals surface area contributed by atoms with Gasteiger partial charge in [-0.15, -0.1) is 0 Å². The normalized spacial score (nSPS) is 13.4. The number of hydrogen-bond donors (Lipinski definition) is 5. The molecule has 0 spiro atoms. The summed E-state index contributed by atoms with van der Waals surface area (Å²) in [7, 11) is 0. The summed E-state index contributed by atoms with van der Waals surface area (Å²) in [5, 5.41) is 34.3. The second kappa shape index (κ2) is 6.51. The van der Waals surface area contributed by atoms with Gasteiger partial charge in [0.25, 0.3) is 5.91 Å². The van der Waals surface area contributed by atoms with Crippen LogP contribution in [0.3, 0.4) is 0 Å². The maximum absolute atomic E-state index is 11.3. The van der Waals surface area contributed by atoms with Gasteiger partial charge in [-0.25, -0.2) is 9.86 Å². The van der Waals surface area contributed by atoms with Crippen molar-refractivity contribution in [1.29, 1.82) is 0 Å². The minimum absolute atomic E-state index is 0.371. The second-order valence-electron chi connectivity index (χ2n) is 3.34. The van der Waals surface area contributed by atoms with E-state index in [2.05, 4.69) is 0 Å². The van der Waals surface area contributed by atoms with E-state index in [-0.39, 0.29) is 5.06 Å². The van der Waals surface area contributed by atoms with Gasteiger partial charge in [0.2, 0.25) is 0 Å². The molecule has 0 unspecified atom stereocenters. The number of nitrogens with two attached hydrogens (primary N) is 1. The predicted molar refractivity (Wildman–Crippen MR) is 52.5 cm³/mol. The Labute approximate surface area is 100 Å². The van der Waals surface area contributed by atoms with Crippen LogP contribution in [0.15, 0.2) is 0 Å². The molecule has 0 saturated heterocycles. The third-order valence-corrected chi connectivity index (χ3v) is 1.89. The molecule has 0 rings (SSSR count). The number of nitrogens with zero attached hydrogens (tertiary/aromatic N) is 1. The van der Waals surface area contributed by atoms with Crippen LogP contribution in [0, 0.1) is 0 Å². The molecule has 0 aliphatic heterocycles. The molecule has 0 fully saturated rings. The van der Waals surface area contributed by atoms with Gasteiger partial charge < -0.3 is 21.1 Å². The van der Waals surface area contributed by atoms with E-state index in [1.807, 2.05) is 0 Å². The van der Waals surface area contributed by atoms with Crippen LogP contribution in [0.2, 0.25) is 0 Å². The van der Waals surface area contributed by atoms with Crippen LogP contribution < -0.4 is 5.73 Å². The largest absolute Gasteiger partial charge is 0.481 e. The van der Waals surface area contributed by atoms with Gasteiger partial charge in [-0.2, -0.15) is 0 Å². The third-order valence-electron chi connectivity index (χ3n) is 1.89. The first-order valence-electron chi connectivity index (χ1n) is 4.60. The van der Waals surface area contributed by atoms with Crippen molar-refractivity contribution in [3.63, 3.8) is 0 Å². The topological polar surface area (TPSA) is 178 Å². The van der Waals surface area contributed by atoms with E-state index in [4.69, 9.17) is 21.1 Å². The molecular formula is C8H12N2O8. The number of carboxylic acids is 3. The fourth-order valence-corrected chi connectivity index (χ4v) is 1.04. The second-order valence-corrected chi connectivity index (χ2v) is 3.34. The number of hydroxylamine groups is 2. The standard InChI is InChI=1S/C8H12N2O8/c9-3(1-5(11)12)7(15)10(18)4(8(16)17)2-6(13)14/h3-4,18H,1-2,9H2,(H,11,12)(H,13,14)(H,16,17)/t3-,4-/m0/s1. The van der Waals surface area contributed by atoms with E-state index in [0.717, 1.165) is 0 Å². The van der Waals surface area contributed by atoms with Gasteiger partial charge in [-0.1, -0.05) is 0 Å². The summed E-state index contributed by atoms with van der Waals surface area (Å²) in [6.07, 6.45) is -1.87. The Bertz CT molecular complexity index is 368. The molecule has 10 heteroatoms. The van der Waals surface area contributed by atoms with Crippen LogP contribution in [0.25, 0.3) is 0 Å². The summed E-state index contributed by atoms with van der Waals surface area (Å²) >= 11 is 0. The van der Waals surface area contributed by atoms with E-state index >= 15 is 0 Å². The predicted octanol–water partition coefficient (Wildman–Crippen LogP) is -2.07. The number of rotatable bonds is 7. The van der Waals surface area contributed by atoms with Gasteiger partial charge in [0.1, 0.15) is 0 Å². The number of carboxylic acid groups (broad SMARTS) is 3. The zero-order chi connectivity index (χ0) is 14.5. The van der Waals surface area contributed by atoms with Crippen molar-refractivity contribution in [1.82, 2.24) is 5.06 Å². The van der Waals surface area contributed by atoms with Gasteiger partial charge in [-0.05, 0) is 0 Å². The van der Waals surface area contributed by atoms with Crippen LogP contribution in [-0.2, 0) is 19.2 Å². The lowest BCUT2D eigenvalue weighted by atomic mass is 10.1. The average molecular weight is 264 g/mol. The highest BCUT2D eigenvalue weighted by Crippen LogP contribution is 2.06. The van der Waals surface area contributed by atoms with Crippen molar-refractivity contribution < 1.29 is 39.7 Å². The summed E-state index contributed by atoms with van der Waals surface area (Å²) in [5.41, 5.74) is 5.12. The van der Waals surface area contributed by atoms with Crippen LogP contribution >= 0.6 is 0 Å². The molecule has 0 aromatic carbocycles. The van der Waals surface area contributed by atoms with Crippen molar-refractivity contribution in [2.75, 3.05) is 0 Å². The smallest absolute Gasteiger partial charge is 0.329 e. The summed E-state index contributed by atoms with van der Waals surface area (Å²) in [6, 6.07) is -3.70. The lowest BCUT2D eigenvalue weighted by Crippen LogP contribution is -2.51. The maximum Gasteiger partial charge on any atom is 0.329 e. The lowest BCUT2D eigenvalue weighted by Gasteiger charge is -2.23. The van der Waals surface area contributed by atoms with Crippen molar-refractivity contribution in [3.05, 3.63) is 0 Å². The Kier molecular flexibility index (Phi) is 5.72. The molecule has 102 valence electrons. The first-order valence-corrected chi connectivity index (χ1v) is 4.60. The summed E-state index contributed by atoms with van der Waals surface area (Å²) in [6.45, 7) is 0. The molecule has 0 radical (unpaired) electrons. The van der Waals surface area contributed by atoms with Gasteiger partial charge in [-0.3, -0.25) is 19.6 Å². The van der Waals surface area contributed by atoms with Gasteiger partial charge >= 0.3 is 17.9 Å². The van der Waals surface area contributed by atoms with Gasteiger partial charge in [0, 0.05) is 0 Å². The molecule has 10 nitrogen and oxygen atoms in total. The molecule has 0 saturated carbocycles. The minimum Gasteiger partial charge on any atom is -0.481 e. The number of amides is 1. The molecule has 6 N–H and O–H groups in total. The lowest BCUT2D eigenvalue weighted by molar-refractivity contribution is -0.189. The monoisotopic (exact) mass is 264 g/mol. The Morgan fingerprint density at radius 2 is 1.44 bits per heavy atom. The Balaban J connectivity index is 4.80. The average Bonchev–Trinajstić information content (AvgIpc) is 2.22. The fraction of sp³-hybridized carbons (Fsp3) is 0.500. The molecule has 1 amide bonds. The minimum atomic E-state index is -2.03. The Morgan fingerprint density at radius 1 is 1.00 bits per heavy atom. The number of aliphatic carboxylic acids is 3. The Morgan fingerprint density at radius 3 is 1.78 bits per heavy atom. The number of carbonyl (C=O) groups is 4. The number of hydrogen-bond acceptors (Lipinski definition) is 6. The summed E-state index contributed by atoms with van der Waals surface area (Å²) < 4.78 is 0. The molecule has 0 bridgehead atoms. The Hall–Kier alpha value is -2.20. The first-order chi connectivity index (χ1) is 8.16. The molecule has 0 aromatic heterocycles. The van der Waals surface area contributed by atoms with Crippen LogP contribution in [0.1, 0.15) is 12.8 Å². The van der Waals surface area contributed by atoms with Gasteiger partial charge in [0.05, 0.1) is 18.9 Å². The quantitative estimate of drug-likeness (QED) is 0.255. The van der Waals surface area contributed by atoms with Crippen LogP contribution in [0.4, 0.5) is 0 Å². The van der Waals surface area contributed by atoms with E-state index in [1.165, 1.54) is 0 Å². The van der Waals surface area contributed by atoms with E-state index in [9.17, 15) is 24.4 Å². The highest BCUT2D eigenvalue weighted by Gasteiger charge is 2.34. The molecule has 0 heterocycles. The van der Waals surface area contributed by atoms with Crippen molar-refractivity contribution in [2.24, 2.45) is 5.73 Å². The highest BCUT2D eigenvalue weighted by atomic mass is 16.5.